The summed E-state index contributed by atoms with van der Waals surface area (Å²) in [6, 6.07) is 2.22. The van der Waals surface area contributed by atoms with Crippen molar-refractivity contribution in [2.45, 2.75) is 54.9 Å². The minimum absolute atomic E-state index is 0.0409. The number of hydrogen-bond acceptors (Lipinski definition) is 5. The molecule has 0 spiro atoms. The molecule has 2 saturated carbocycles. The first-order chi connectivity index (χ1) is 16.8. The number of likely N-dealkylation sites (tertiary alicyclic amines) is 1. The number of carbonyl (C=O) groups excluding carboxylic acids is 2. The Balaban J connectivity index is 1.37. The van der Waals surface area contributed by atoms with Gasteiger partial charge < -0.3 is 10.2 Å². The molecule has 3 fully saturated rings. The molecule has 3 aliphatic rings. The minimum atomic E-state index is -4.82. The predicted octanol–water partition coefficient (Wildman–Crippen LogP) is 3.51. The smallest absolute Gasteiger partial charge is 0.347 e. The zero-order chi connectivity index (χ0) is 26.0. The van der Waals surface area contributed by atoms with E-state index >= 15 is 0 Å². The highest BCUT2D eigenvalue weighted by Crippen LogP contribution is 2.49. The average Bonchev–Trinajstić information content (AvgIpc) is 3.73. The minimum Gasteiger partial charge on any atom is -0.347 e. The Kier molecular flexibility index (Phi) is 5.85. The largest absolute Gasteiger partial charge is 0.419 e. The monoisotopic (exact) mass is 525 g/mol. The standard InChI is InChI=1S/C24H23F4N3O4S/c1-36(34,35)16-6-15(10-29-11-16)23(33)31-19-8-14(19)9-20(31)22(32)30-21(12-2-3-12)13-4-5-17(18(25)7-13)24(26,27)28/h4-7,10-12,14,19-21H,2-3,8-9H2,1H3,(H,30,32)/t14-,19-,20-,21?/m1/s1. The van der Waals surface area contributed by atoms with Crippen molar-refractivity contribution in [2.24, 2.45) is 11.8 Å². The third-order valence-corrected chi connectivity index (χ3v) is 8.16. The molecular formula is C24H23F4N3O4S. The van der Waals surface area contributed by atoms with E-state index in [4.69, 9.17) is 0 Å². The summed E-state index contributed by atoms with van der Waals surface area (Å²) >= 11 is 0. The molecule has 2 amide bonds. The molecular weight excluding hydrogens is 502 g/mol. The van der Waals surface area contributed by atoms with Crippen molar-refractivity contribution in [1.29, 1.82) is 0 Å². The first-order valence-corrected chi connectivity index (χ1v) is 13.4. The van der Waals surface area contributed by atoms with Crippen LogP contribution in [0.1, 0.15) is 53.2 Å². The van der Waals surface area contributed by atoms with Gasteiger partial charge in [-0.15, -0.1) is 0 Å². The van der Waals surface area contributed by atoms with Crippen LogP contribution in [0.15, 0.2) is 41.6 Å². The van der Waals surface area contributed by atoms with Gasteiger partial charge in [0.1, 0.15) is 11.9 Å². The Morgan fingerprint density at radius 1 is 1.14 bits per heavy atom. The molecule has 0 bridgehead atoms. The van der Waals surface area contributed by atoms with Gasteiger partial charge in [-0.1, -0.05) is 6.07 Å². The van der Waals surface area contributed by atoms with Crippen molar-refractivity contribution >= 4 is 21.7 Å². The quantitative estimate of drug-likeness (QED) is 0.583. The van der Waals surface area contributed by atoms with E-state index in [0.717, 1.165) is 37.8 Å². The topological polar surface area (TPSA) is 96.4 Å². The Labute approximate surface area is 204 Å². The van der Waals surface area contributed by atoms with Crippen LogP contribution in [0.5, 0.6) is 0 Å². The van der Waals surface area contributed by atoms with Crippen LogP contribution in [0.3, 0.4) is 0 Å². The summed E-state index contributed by atoms with van der Waals surface area (Å²) in [4.78, 5) is 31.8. The van der Waals surface area contributed by atoms with E-state index in [1.165, 1.54) is 23.2 Å². The van der Waals surface area contributed by atoms with Crippen LogP contribution < -0.4 is 5.32 Å². The number of benzene rings is 1. The third kappa shape index (κ3) is 4.70. The lowest BCUT2D eigenvalue weighted by molar-refractivity contribution is -0.140. The van der Waals surface area contributed by atoms with Crippen LogP contribution >= 0.6 is 0 Å². The van der Waals surface area contributed by atoms with Gasteiger partial charge in [0.2, 0.25) is 5.91 Å². The number of nitrogens with one attached hydrogen (secondary N) is 1. The van der Waals surface area contributed by atoms with Crippen molar-refractivity contribution in [1.82, 2.24) is 15.2 Å². The molecule has 36 heavy (non-hydrogen) atoms. The summed E-state index contributed by atoms with van der Waals surface area (Å²) in [5, 5.41) is 2.84. The summed E-state index contributed by atoms with van der Waals surface area (Å²) in [6.07, 6.45) is 1.18. The molecule has 1 N–H and O–H groups in total. The van der Waals surface area contributed by atoms with Crippen molar-refractivity contribution in [3.63, 3.8) is 0 Å². The first-order valence-electron chi connectivity index (χ1n) is 11.5. The Morgan fingerprint density at radius 2 is 1.86 bits per heavy atom. The molecule has 192 valence electrons. The lowest BCUT2D eigenvalue weighted by Crippen LogP contribution is -2.49. The second-order valence-corrected chi connectivity index (χ2v) is 11.8. The van der Waals surface area contributed by atoms with Gasteiger partial charge >= 0.3 is 6.18 Å². The number of amides is 2. The number of halogens is 4. The van der Waals surface area contributed by atoms with E-state index < -0.39 is 51.3 Å². The molecule has 0 radical (unpaired) electrons. The number of fused-ring (bicyclic) bond motifs is 1. The first kappa shape index (κ1) is 24.7. The highest BCUT2D eigenvalue weighted by Gasteiger charge is 2.56. The SMILES string of the molecule is CS(=O)(=O)c1cncc(C(=O)N2[C@@H](C(=O)NC(c3ccc(C(F)(F)F)c(F)c3)C3CC3)C[C@H]3C[C@H]32)c1. The van der Waals surface area contributed by atoms with Crippen LogP contribution in [0.4, 0.5) is 17.6 Å². The summed E-state index contributed by atoms with van der Waals surface area (Å²) in [5.74, 6) is -2.29. The van der Waals surface area contributed by atoms with Gasteiger partial charge in [0.05, 0.1) is 22.1 Å². The number of alkyl halides is 3. The van der Waals surface area contributed by atoms with Crippen LogP contribution in [-0.2, 0) is 20.8 Å². The zero-order valence-corrected chi connectivity index (χ0v) is 19.9. The maximum Gasteiger partial charge on any atom is 0.419 e. The van der Waals surface area contributed by atoms with E-state index in [1.54, 1.807) is 0 Å². The number of aromatic nitrogens is 1. The van der Waals surface area contributed by atoms with Gasteiger partial charge in [-0.3, -0.25) is 14.6 Å². The van der Waals surface area contributed by atoms with Crippen LogP contribution in [-0.4, -0.2) is 48.5 Å². The van der Waals surface area contributed by atoms with E-state index in [0.29, 0.717) is 12.5 Å². The maximum absolute atomic E-state index is 14.2. The van der Waals surface area contributed by atoms with E-state index in [-0.39, 0.29) is 33.9 Å². The predicted molar refractivity (Wildman–Crippen MR) is 119 cm³/mol. The fourth-order valence-corrected chi connectivity index (χ4v) is 5.57. The molecule has 1 aliphatic heterocycles. The number of pyridine rings is 1. The van der Waals surface area contributed by atoms with Gasteiger partial charge in [0.25, 0.3) is 5.91 Å². The van der Waals surface area contributed by atoms with Gasteiger partial charge in [0, 0.05) is 24.7 Å². The second kappa shape index (κ2) is 8.53. The number of hydrogen-bond donors (Lipinski definition) is 1. The summed E-state index contributed by atoms with van der Waals surface area (Å²) in [5.41, 5.74) is -1.08. The fourth-order valence-electron chi connectivity index (χ4n) is 4.98. The molecule has 2 aliphatic carbocycles. The Hall–Kier alpha value is -3.02. The van der Waals surface area contributed by atoms with Crippen molar-refractivity contribution in [3.05, 3.63) is 59.2 Å². The molecule has 2 aromatic rings. The molecule has 1 unspecified atom stereocenters. The van der Waals surface area contributed by atoms with Crippen LogP contribution in [0.25, 0.3) is 0 Å². The lowest BCUT2D eigenvalue weighted by Gasteiger charge is -2.29. The summed E-state index contributed by atoms with van der Waals surface area (Å²) in [6.45, 7) is 0. The molecule has 12 heteroatoms. The number of rotatable bonds is 6. The van der Waals surface area contributed by atoms with Crippen LogP contribution in [0.2, 0.25) is 0 Å². The van der Waals surface area contributed by atoms with Crippen molar-refractivity contribution in [3.8, 4) is 0 Å². The van der Waals surface area contributed by atoms with E-state index in [9.17, 15) is 35.6 Å². The fraction of sp³-hybridized carbons (Fsp3) is 0.458. The van der Waals surface area contributed by atoms with E-state index in [1.807, 2.05) is 0 Å². The zero-order valence-electron chi connectivity index (χ0n) is 19.1. The number of sulfone groups is 1. The van der Waals surface area contributed by atoms with Gasteiger partial charge in [-0.2, -0.15) is 13.2 Å². The molecule has 7 nitrogen and oxygen atoms in total. The molecule has 4 atom stereocenters. The molecule has 1 saturated heterocycles. The number of nitrogens with zero attached hydrogens (tertiary/aromatic N) is 2. The molecule has 1 aromatic heterocycles. The normalized spacial score (nSPS) is 24.2. The summed E-state index contributed by atoms with van der Waals surface area (Å²) in [7, 11) is -3.59. The molecule has 1 aromatic carbocycles. The maximum atomic E-state index is 14.2. The Morgan fingerprint density at radius 3 is 2.47 bits per heavy atom. The van der Waals surface area contributed by atoms with Gasteiger partial charge in [-0.25, -0.2) is 12.8 Å². The molecule has 5 rings (SSSR count). The third-order valence-electron chi connectivity index (χ3n) is 7.08. The summed E-state index contributed by atoms with van der Waals surface area (Å²) < 4.78 is 76.9. The van der Waals surface area contributed by atoms with Gasteiger partial charge in [-0.05, 0) is 61.3 Å². The van der Waals surface area contributed by atoms with Crippen molar-refractivity contribution in [2.75, 3.05) is 6.26 Å². The molecule has 2 heterocycles. The number of carbonyl (C=O) groups is 2. The van der Waals surface area contributed by atoms with E-state index in [2.05, 4.69) is 10.3 Å². The Bertz CT molecular complexity index is 1340. The van der Waals surface area contributed by atoms with Gasteiger partial charge in [0.15, 0.2) is 9.84 Å². The number of piperidine rings is 1. The average molecular weight is 526 g/mol. The van der Waals surface area contributed by atoms with Crippen LogP contribution in [0, 0.1) is 17.7 Å². The second-order valence-electron chi connectivity index (χ2n) is 9.77. The highest BCUT2D eigenvalue weighted by atomic mass is 32.2. The highest BCUT2D eigenvalue weighted by molar-refractivity contribution is 7.90. The lowest BCUT2D eigenvalue weighted by atomic mass is 9.99. The van der Waals surface area contributed by atoms with Crippen molar-refractivity contribution < 1.29 is 35.6 Å².